The molecule has 0 spiro atoms. The SMILES string of the molecule is C=CCOC(=O)Nc1nc(/C(=N/OC)C(=O)N[C@@H]2C(=O)N3C(C(=O)OCC=C)=C(c4csc(-c5ccco5)n4)CC[C@H]23)cs1. The van der Waals surface area contributed by atoms with Crippen LogP contribution in [0.25, 0.3) is 16.3 Å². The average Bonchev–Trinajstić information content (AvgIpc) is 3.82. The van der Waals surface area contributed by atoms with Gasteiger partial charge in [-0.1, -0.05) is 30.5 Å². The number of anilines is 1. The van der Waals surface area contributed by atoms with E-state index in [0.717, 1.165) is 11.3 Å². The summed E-state index contributed by atoms with van der Waals surface area (Å²) >= 11 is 2.38. The van der Waals surface area contributed by atoms with Gasteiger partial charge in [-0.3, -0.25) is 19.8 Å². The van der Waals surface area contributed by atoms with Crippen molar-refractivity contribution in [3.63, 3.8) is 0 Å². The lowest BCUT2D eigenvalue weighted by Crippen LogP contribution is -2.72. The van der Waals surface area contributed by atoms with Gasteiger partial charge in [0.2, 0.25) is 0 Å². The van der Waals surface area contributed by atoms with Crippen molar-refractivity contribution in [2.24, 2.45) is 5.16 Å². The van der Waals surface area contributed by atoms with Crippen molar-refractivity contribution in [1.82, 2.24) is 20.2 Å². The lowest BCUT2D eigenvalue weighted by molar-refractivity contribution is -0.156. The second-order valence-corrected chi connectivity index (χ2v) is 10.9. The molecule has 0 bridgehead atoms. The van der Waals surface area contributed by atoms with E-state index in [9.17, 15) is 19.2 Å². The molecule has 1 fully saturated rings. The number of hydrogen-bond donors (Lipinski definition) is 2. The first-order chi connectivity index (χ1) is 21.4. The largest absolute Gasteiger partial charge is 0.462 e. The fourth-order valence-corrected chi connectivity index (χ4v) is 6.12. The molecule has 16 heteroatoms. The van der Waals surface area contributed by atoms with Crippen LogP contribution >= 0.6 is 22.7 Å². The average molecular weight is 639 g/mol. The van der Waals surface area contributed by atoms with Gasteiger partial charge in [-0.15, -0.1) is 22.7 Å². The minimum Gasteiger partial charge on any atom is -0.462 e. The third-order valence-corrected chi connectivity index (χ3v) is 8.09. The Labute approximate surface area is 258 Å². The van der Waals surface area contributed by atoms with Crippen molar-refractivity contribution in [3.05, 3.63) is 71.6 Å². The van der Waals surface area contributed by atoms with Crippen LogP contribution in [0.2, 0.25) is 0 Å². The van der Waals surface area contributed by atoms with Crippen molar-refractivity contribution in [1.29, 1.82) is 0 Å². The number of amides is 3. The molecule has 2 aliphatic rings. The first-order valence-electron chi connectivity index (χ1n) is 13.1. The maximum Gasteiger partial charge on any atom is 0.413 e. The van der Waals surface area contributed by atoms with E-state index in [1.807, 2.05) is 0 Å². The second kappa shape index (κ2) is 13.5. The smallest absolute Gasteiger partial charge is 0.413 e. The Morgan fingerprint density at radius 3 is 2.70 bits per heavy atom. The molecule has 3 amide bonds. The van der Waals surface area contributed by atoms with Gasteiger partial charge in [0.15, 0.2) is 21.6 Å². The van der Waals surface area contributed by atoms with Crippen molar-refractivity contribution in [2.45, 2.75) is 24.9 Å². The minimum atomic E-state index is -0.951. The van der Waals surface area contributed by atoms with E-state index in [1.165, 1.54) is 40.9 Å². The highest BCUT2D eigenvalue weighted by Gasteiger charge is 2.54. The molecule has 0 saturated carbocycles. The van der Waals surface area contributed by atoms with E-state index in [0.29, 0.717) is 34.9 Å². The zero-order chi connectivity index (χ0) is 31.2. The lowest BCUT2D eigenvalue weighted by atomic mass is 9.82. The summed E-state index contributed by atoms with van der Waals surface area (Å²) < 4.78 is 15.6. The number of β-lactam (4-membered cyclic amide) rings is 1. The predicted molar refractivity (Wildman–Crippen MR) is 161 cm³/mol. The van der Waals surface area contributed by atoms with Crippen LogP contribution in [0.15, 0.2) is 69.7 Å². The standard InChI is InChI=1S/C28H26N6O8S2/c1-4-10-41-26(37)22-15(16-13-43-24(29-16)19-7-6-12-40-19)8-9-18-21(25(36)34(18)22)31-23(35)20(33-39-3)17-14-44-27(30-17)32-28(38)42-11-5-2/h4-7,12-14,18,21H,1-2,8-11H2,3H3,(H,31,35)(H,30,32,38)/b33-20-/t18-,21+/m1/s1. The van der Waals surface area contributed by atoms with Gasteiger partial charge >= 0.3 is 12.1 Å². The summed E-state index contributed by atoms with van der Waals surface area (Å²) in [6.45, 7) is 7.01. The quantitative estimate of drug-likeness (QED) is 0.0981. The van der Waals surface area contributed by atoms with E-state index in [-0.39, 0.29) is 35.4 Å². The highest BCUT2D eigenvalue weighted by atomic mass is 32.1. The number of esters is 1. The molecule has 0 aromatic carbocycles. The number of hydrogen-bond acceptors (Lipinski definition) is 13. The predicted octanol–water partition coefficient (Wildman–Crippen LogP) is 3.57. The number of ether oxygens (including phenoxy) is 2. The summed E-state index contributed by atoms with van der Waals surface area (Å²) in [7, 11) is 1.26. The number of allylic oxidation sites excluding steroid dienone is 1. The first kappa shape index (κ1) is 30.4. The normalized spacial score (nSPS) is 17.7. The Balaban J connectivity index is 1.35. The van der Waals surface area contributed by atoms with Gasteiger partial charge in [-0.25, -0.2) is 19.6 Å². The molecule has 44 heavy (non-hydrogen) atoms. The molecule has 3 aromatic rings. The zero-order valence-electron chi connectivity index (χ0n) is 23.3. The molecule has 2 atom stereocenters. The van der Waals surface area contributed by atoms with E-state index in [2.05, 4.69) is 38.9 Å². The van der Waals surface area contributed by atoms with Gasteiger partial charge in [0.05, 0.1) is 18.0 Å². The van der Waals surface area contributed by atoms with Crippen LogP contribution in [0.3, 0.4) is 0 Å². The maximum atomic E-state index is 13.5. The molecule has 228 valence electrons. The molecule has 0 aliphatic carbocycles. The molecule has 5 rings (SSSR count). The number of furan rings is 1. The second-order valence-electron chi connectivity index (χ2n) is 9.17. The third kappa shape index (κ3) is 6.16. The van der Waals surface area contributed by atoms with Crippen LogP contribution in [0, 0.1) is 0 Å². The molecule has 0 unspecified atom stereocenters. The Bertz CT molecular complexity index is 1660. The number of aromatic nitrogens is 2. The van der Waals surface area contributed by atoms with Gasteiger partial charge in [-0.05, 0) is 25.0 Å². The molecular formula is C28H26N6O8S2. The van der Waals surface area contributed by atoms with Crippen LogP contribution in [0.5, 0.6) is 0 Å². The van der Waals surface area contributed by atoms with Crippen LogP contribution in [-0.4, -0.2) is 76.9 Å². The summed E-state index contributed by atoms with van der Waals surface area (Å²) in [5.74, 6) is -1.36. The zero-order valence-corrected chi connectivity index (χ0v) is 24.9. The number of carbonyl (C=O) groups is 4. The van der Waals surface area contributed by atoms with Gasteiger partial charge in [-0.2, -0.15) is 0 Å². The van der Waals surface area contributed by atoms with Gasteiger partial charge in [0, 0.05) is 16.3 Å². The number of thiazole rings is 2. The highest BCUT2D eigenvalue weighted by Crippen LogP contribution is 2.42. The molecule has 14 nitrogen and oxygen atoms in total. The molecule has 2 aliphatic heterocycles. The summed E-state index contributed by atoms with van der Waals surface area (Å²) in [5.41, 5.74) is 1.04. The van der Waals surface area contributed by atoms with Gasteiger partial charge in [0.1, 0.15) is 37.8 Å². The fourth-order valence-electron chi connectivity index (χ4n) is 4.63. The Hall–Kier alpha value is -5.09. The van der Waals surface area contributed by atoms with Crippen molar-refractivity contribution < 1.29 is 37.9 Å². The molecular weight excluding hydrogens is 612 g/mol. The minimum absolute atomic E-state index is 0.0105. The number of fused-ring (bicyclic) bond motifs is 1. The molecule has 2 N–H and O–H groups in total. The summed E-state index contributed by atoms with van der Waals surface area (Å²) in [5, 5.41) is 13.0. The molecule has 1 saturated heterocycles. The van der Waals surface area contributed by atoms with Crippen LogP contribution < -0.4 is 10.6 Å². The van der Waals surface area contributed by atoms with E-state index < -0.39 is 36.0 Å². The van der Waals surface area contributed by atoms with Crippen LogP contribution in [-0.2, 0) is 28.7 Å². The van der Waals surface area contributed by atoms with E-state index in [1.54, 1.807) is 23.8 Å². The van der Waals surface area contributed by atoms with Gasteiger partial charge < -0.3 is 24.0 Å². The Kier molecular flexibility index (Phi) is 9.30. The van der Waals surface area contributed by atoms with E-state index in [4.69, 9.17) is 18.7 Å². The van der Waals surface area contributed by atoms with Gasteiger partial charge in [0.25, 0.3) is 11.8 Å². The number of rotatable bonds is 12. The molecule has 0 radical (unpaired) electrons. The Morgan fingerprint density at radius 2 is 1.98 bits per heavy atom. The number of nitrogens with one attached hydrogen (secondary N) is 2. The summed E-state index contributed by atoms with van der Waals surface area (Å²) in [6.07, 6.45) is 4.46. The van der Waals surface area contributed by atoms with Crippen LogP contribution in [0.4, 0.5) is 9.93 Å². The lowest BCUT2D eigenvalue weighted by Gasteiger charge is -2.50. The summed E-state index contributed by atoms with van der Waals surface area (Å²) in [6, 6.07) is 2.05. The summed E-state index contributed by atoms with van der Waals surface area (Å²) in [4.78, 5) is 66.9. The fraction of sp³-hybridized carbons (Fsp3) is 0.250. The van der Waals surface area contributed by atoms with Crippen molar-refractivity contribution >= 4 is 63.0 Å². The third-order valence-electron chi connectivity index (χ3n) is 6.48. The topological polar surface area (TPSA) is 175 Å². The molecule has 3 aromatic heterocycles. The van der Waals surface area contributed by atoms with Crippen molar-refractivity contribution in [2.75, 3.05) is 25.6 Å². The maximum absolute atomic E-state index is 13.5. The number of oxime groups is 1. The molecule has 5 heterocycles. The number of nitrogens with zero attached hydrogens (tertiary/aromatic N) is 4. The highest BCUT2D eigenvalue weighted by molar-refractivity contribution is 7.14. The van der Waals surface area contributed by atoms with Crippen LogP contribution in [0.1, 0.15) is 24.2 Å². The monoisotopic (exact) mass is 638 g/mol. The van der Waals surface area contributed by atoms with Crippen molar-refractivity contribution in [3.8, 4) is 10.8 Å². The van der Waals surface area contributed by atoms with E-state index >= 15 is 0 Å². The number of carbonyl (C=O) groups excluding carboxylic acids is 4. The Morgan fingerprint density at radius 1 is 1.18 bits per heavy atom. The first-order valence-corrected chi connectivity index (χ1v) is 14.9.